The highest BCUT2D eigenvalue weighted by Crippen LogP contribution is 2.21. The fourth-order valence-corrected chi connectivity index (χ4v) is 5.77. The molecule has 5 amide bonds. The Labute approximate surface area is 306 Å². The van der Waals surface area contributed by atoms with E-state index >= 15 is 0 Å². The van der Waals surface area contributed by atoms with Crippen LogP contribution < -0.4 is 27.0 Å². The number of carboxylic acid groups (broad SMARTS) is 3. The second-order valence-corrected chi connectivity index (χ2v) is 14.0. The number of carbonyl (C=O) groups is 8. The summed E-state index contributed by atoms with van der Waals surface area (Å²) in [5.74, 6) is -8.42. The predicted molar refractivity (Wildman–Crippen MR) is 187 cm³/mol. The lowest BCUT2D eigenvalue weighted by Crippen LogP contribution is -2.60. The Morgan fingerprint density at radius 3 is 1.98 bits per heavy atom. The molecule has 0 radical (unpaired) electrons. The molecule has 6 atom stereocenters. The number of nitrogens with two attached hydrogens (primary N) is 1. The van der Waals surface area contributed by atoms with Crippen molar-refractivity contribution < 1.29 is 53.7 Å². The van der Waals surface area contributed by atoms with Gasteiger partial charge in [-0.2, -0.15) is 0 Å². The fourth-order valence-electron chi connectivity index (χ4n) is 5.64. The van der Waals surface area contributed by atoms with E-state index in [1.54, 1.807) is 38.1 Å². The van der Waals surface area contributed by atoms with Crippen LogP contribution in [0, 0.1) is 11.8 Å². The standard InChI is InChI=1S/C34H49ClN6O11/c1-17(2)14-22(37-32(49)28(18(3)4)40-29(46)21(36)11-12-26(42)43)30(47)38-23(15-19-7-9-20(35)10-8-19)33(50)41-13-5-6-25(41)31(48)39-24(34(51)52)16-27(44)45/h7-10,17-18,21-25,28H,5-6,11-16,36H2,1-4H3,(H,37,49)(H,38,47)(H,39,48)(H,40,46)(H,42,43)(H,44,45)(H,51,52)/t21-,22-,23-,24-,25+,28-/m0/s1. The molecule has 0 aliphatic carbocycles. The number of nitrogens with zero attached hydrogens (tertiary/aromatic N) is 1. The molecule has 9 N–H and O–H groups in total. The maximum Gasteiger partial charge on any atom is 0.326 e. The first kappa shape index (κ1) is 43.4. The zero-order valence-electron chi connectivity index (χ0n) is 29.6. The molecule has 0 saturated carbocycles. The van der Waals surface area contributed by atoms with E-state index in [1.807, 2.05) is 13.8 Å². The first-order chi connectivity index (χ1) is 24.3. The number of nitrogens with one attached hydrogen (secondary N) is 4. The zero-order chi connectivity index (χ0) is 39.3. The number of benzene rings is 1. The van der Waals surface area contributed by atoms with Gasteiger partial charge in [-0.15, -0.1) is 0 Å². The normalized spacial score (nSPS) is 17.0. The van der Waals surface area contributed by atoms with Crippen molar-refractivity contribution in [3.05, 3.63) is 34.9 Å². The molecule has 288 valence electrons. The first-order valence-electron chi connectivity index (χ1n) is 17.0. The lowest BCUT2D eigenvalue weighted by Gasteiger charge is -2.31. The number of hydrogen-bond acceptors (Lipinski definition) is 9. The molecule has 0 unspecified atom stereocenters. The van der Waals surface area contributed by atoms with Gasteiger partial charge in [0.05, 0.1) is 12.5 Å². The molecule has 0 bridgehead atoms. The number of amides is 5. The first-order valence-corrected chi connectivity index (χ1v) is 17.4. The van der Waals surface area contributed by atoms with Crippen LogP contribution in [0.4, 0.5) is 0 Å². The maximum absolute atomic E-state index is 14.1. The summed E-state index contributed by atoms with van der Waals surface area (Å²) in [6, 6.07) is -1.17. The van der Waals surface area contributed by atoms with E-state index in [9.17, 15) is 43.5 Å². The lowest BCUT2D eigenvalue weighted by molar-refractivity contribution is -0.148. The van der Waals surface area contributed by atoms with E-state index in [0.717, 1.165) is 0 Å². The van der Waals surface area contributed by atoms with Crippen LogP contribution in [0.3, 0.4) is 0 Å². The SMILES string of the molecule is CC(C)C[C@H](NC(=O)[C@@H](NC(=O)[C@@H](N)CCC(=O)O)C(C)C)C(=O)N[C@@H](Cc1ccc(Cl)cc1)C(=O)N1CCC[C@@H]1C(=O)N[C@@H](CC(=O)O)C(=O)O. The summed E-state index contributed by atoms with van der Waals surface area (Å²) in [7, 11) is 0. The Morgan fingerprint density at radius 1 is 0.827 bits per heavy atom. The van der Waals surface area contributed by atoms with Crippen molar-refractivity contribution in [2.24, 2.45) is 17.6 Å². The molecular weight excluding hydrogens is 704 g/mol. The van der Waals surface area contributed by atoms with Crippen molar-refractivity contribution >= 4 is 59.0 Å². The highest BCUT2D eigenvalue weighted by molar-refractivity contribution is 6.30. The summed E-state index contributed by atoms with van der Waals surface area (Å²) in [6.45, 7) is 7.04. The number of carbonyl (C=O) groups excluding carboxylic acids is 5. The minimum Gasteiger partial charge on any atom is -0.481 e. The van der Waals surface area contributed by atoms with Crippen LogP contribution in [-0.4, -0.2) is 110 Å². The molecule has 1 aliphatic heterocycles. The van der Waals surface area contributed by atoms with Crippen molar-refractivity contribution in [2.75, 3.05) is 6.54 Å². The van der Waals surface area contributed by atoms with Gasteiger partial charge >= 0.3 is 17.9 Å². The summed E-state index contributed by atoms with van der Waals surface area (Å²) < 4.78 is 0. The Morgan fingerprint density at radius 2 is 1.44 bits per heavy atom. The summed E-state index contributed by atoms with van der Waals surface area (Å²) in [5, 5.41) is 38.0. The van der Waals surface area contributed by atoms with E-state index < -0.39 is 96.0 Å². The summed E-state index contributed by atoms with van der Waals surface area (Å²) >= 11 is 6.05. The predicted octanol–water partition coefficient (Wildman–Crippen LogP) is 0.266. The van der Waals surface area contributed by atoms with Gasteiger partial charge in [0.2, 0.25) is 29.5 Å². The number of rotatable bonds is 20. The Balaban J connectivity index is 2.35. The van der Waals surface area contributed by atoms with Crippen molar-refractivity contribution in [2.45, 2.75) is 109 Å². The number of hydrogen-bond donors (Lipinski definition) is 8. The Hall–Kier alpha value is -4.77. The number of carboxylic acids is 3. The lowest BCUT2D eigenvalue weighted by atomic mass is 9.98. The van der Waals surface area contributed by atoms with Crippen molar-refractivity contribution in [3.63, 3.8) is 0 Å². The second-order valence-electron chi connectivity index (χ2n) is 13.5. The Bertz CT molecular complexity index is 1470. The summed E-state index contributed by atoms with van der Waals surface area (Å²) in [5.41, 5.74) is 6.43. The highest BCUT2D eigenvalue weighted by atomic mass is 35.5. The van der Waals surface area contributed by atoms with Gasteiger partial charge in [-0.05, 0) is 55.2 Å². The van der Waals surface area contributed by atoms with Gasteiger partial charge in [0, 0.05) is 24.4 Å². The van der Waals surface area contributed by atoms with Crippen LogP contribution >= 0.6 is 11.6 Å². The molecule has 1 aromatic rings. The minimum atomic E-state index is -1.73. The summed E-state index contributed by atoms with van der Waals surface area (Å²) in [4.78, 5) is 102. The van der Waals surface area contributed by atoms with Crippen LogP contribution in [0.25, 0.3) is 0 Å². The van der Waals surface area contributed by atoms with Gasteiger partial charge < -0.3 is 47.2 Å². The van der Waals surface area contributed by atoms with Gasteiger partial charge in [0.15, 0.2) is 0 Å². The van der Waals surface area contributed by atoms with E-state index in [4.69, 9.17) is 27.5 Å². The van der Waals surface area contributed by atoms with Gasteiger partial charge in [-0.1, -0.05) is 51.4 Å². The molecule has 0 aromatic heterocycles. The Kier molecular flexibility index (Phi) is 17.0. The van der Waals surface area contributed by atoms with Crippen molar-refractivity contribution in [3.8, 4) is 0 Å². The number of likely N-dealkylation sites (tertiary alicyclic amines) is 1. The highest BCUT2D eigenvalue weighted by Gasteiger charge is 2.40. The van der Waals surface area contributed by atoms with Gasteiger partial charge in [0.1, 0.15) is 30.2 Å². The quantitative estimate of drug-likeness (QED) is 0.0892. The van der Waals surface area contributed by atoms with Crippen LogP contribution in [0.1, 0.15) is 71.8 Å². The average molecular weight is 753 g/mol. The number of halogens is 1. The van der Waals surface area contributed by atoms with Gasteiger partial charge in [-0.25, -0.2) is 4.79 Å². The summed E-state index contributed by atoms with van der Waals surface area (Å²) in [6.07, 6.45) is -0.773. The monoisotopic (exact) mass is 752 g/mol. The van der Waals surface area contributed by atoms with Gasteiger partial charge in [0.25, 0.3) is 0 Å². The topological polar surface area (TPSA) is 275 Å². The zero-order valence-corrected chi connectivity index (χ0v) is 30.4. The van der Waals surface area contributed by atoms with Gasteiger partial charge in [-0.3, -0.25) is 33.6 Å². The van der Waals surface area contributed by atoms with Crippen LogP contribution in [0.2, 0.25) is 5.02 Å². The van der Waals surface area contributed by atoms with Crippen LogP contribution in [0.15, 0.2) is 24.3 Å². The molecule has 2 rings (SSSR count). The molecule has 0 spiro atoms. The molecule has 1 heterocycles. The minimum absolute atomic E-state index is 0.0510. The van der Waals surface area contributed by atoms with E-state index in [1.165, 1.54) is 4.90 Å². The van der Waals surface area contributed by atoms with E-state index in [2.05, 4.69) is 21.3 Å². The third-order valence-corrected chi connectivity index (χ3v) is 8.64. The molecular formula is C34H49ClN6O11. The maximum atomic E-state index is 14.1. The molecule has 1 fully saturated rings. The smallest absolute Gasteiger partial charge is 0.326 e. The van der Waals surface area contributed by atoms with Crippen LogP contribution in [0.5, 0.6) is 0 Å². The third-order valence-electron chi connectivity index (χ3n) is 8.39. The molecule has 1 aliphatic rings. The van der Waals surface area contributed by atoms with E-state index in [-0.39, 0.29) is 44.6 Å². The second kappa shape index (κ2) is 20.3. The molecule has 52 heavy (non-hydrogen) atoms. The molecule has 1 saturated heterocycles. The molecule has 1 aromatic carbocycles. The van der Waals surface area contributed by atoms with E-state index in [0.29, 0.717) is 17.0 Å². The third kappa shape index (κ3) is 13.7. The largest absolute Gasteiger partial charge is 0.481 e. The average Bonchev–Trinajstić information content (AvgIpc) is 3.55. The van der Waals surface area contributed by atoms with Crippen molar-refractivity contribution in [1.82, 2.24) is 26.2 Å². The fraction of sp³-hybridized carbons (Fsp3) is 0.588. The number of aliphatic carboxylic acids is 3. The van der Waals surface area contributed by atoms with Crippen molar-refractivity contribution in [1.29, 1.82) is 0 Å². The van der Waals surface area contributed by atoms with Crippen LogP contribution in [-0.2, 0) is 44.8 Å². The molecule has 18 heteroatoms. The molecule has 17 nitrogen and oxygen atoms in total.